The second-order valence-corrected chi connectivity index (χ2v) is 9.08. The van der Waals surface area contributed by atoms with Crippen molar-refractivity contribution in [3.8, 4) is 0 Å². The van der Waals surface area contributed by atoms with Crippen LogP contribution in [0.3, 0.4) is 0 Å². The molecule has 2 aliphatic heterocycles. The molecule has 2 unspecified atom stereocenters. The zero-order valence-electron chi connectivity index (χ0n) is 16.4. The summed E-state index contributed by atoms with van der Waals surface area (Å²) in [6.07, 6.45) is 10.3. The maximum absolute atomic E-state index is 6.42. The van der Waals surface area contributed by atoms with Gasteiger partial charge in [0.25, 0.3) is 0 Å². The Morgan fingerprint density at radius 1 is 1.18 bits per heavy atom. The van der Waals surface area contributed by atoms with Crippen LogP contribution in [0, 0.1) is 6.92 Å². The molecule has 1 saturated heterocycles. The van der Waals surface area contributed by atoms with Gasteiger partial charge in [0, 0.05) is 52.7 Å². The highest BCUT2D eigenvalue weighted by Crippen LogP contribution is 2.47. The minimum Gasteiger partial charge on any atom is -0.320 e. The zero-order valence-corrected chi connectivity index (χ0v) is 17.1. The molecule has 0 radical (unpaired) electrons. The van der Waals surface area contributed by atoms with Gasteiger partial charge in [0.05, 0.1) is 5.52 Å². The summed E-state index contributed by atoms with van der Waals surface area (Å²) < 4.78 is 2.49. The Bertz CT molecular complexity index is 1160. The third kappa shape index (κ3) is 2.29. The van der Waals surface area contributed by atoms with E-state index in [0.717, 1.165) is 30.0 Å². The fraction of sp³-hybridized carbons (Fsp3) is 0.375. The van der Waals surface area contributed by atoms with E-state index < -0.39 is 0 Å². The molecule has 0 N–H and O–H groups in total. The molecule has 2 bridgehead atoms. The summed E-state index contributed by atoms with van der Waals surface area (Å²) in [5, 5.41) is 2.16. The smallest absolute Gasteiger partial charge is 0.0529 e. The van der Waals surface area contributed by atoms with Crippen molar-refractivity contribution in [3.05, 3.63) is 63.6 Å². The SMILES string of the molecule is Cc1cc2c(cn1)CC/C2=C\n1c2c(c3cc(Cl)ccc31)C1CCC(C2)N1C. The fourth-order valence-electron chi connectivity index (χ4n) is 5.70. The third-order valence-corrected chi connectivity index (χ3v) is 7.37. The van der Waals surface area contributed by atoms with E-state index in [1.165, 1.54) is 51.7 Å². The van der Waals surface area contributed by atoms with Crippen LogP contribution in [-0.4, -0.2) is 27.5 Å². The summed E-state index contributed by atoms with van der Waals surface area (Å²) in [4.78, 5) is 7.08. The molecular formula is C24H24ClN3. The van der Waals surface area contributed by atoms with Crippen LogP contribution in [0.2, 0.25) is 5.02 Å². The number of likely N-dealkylation sites (N-methyl/N-ethyl adjacent to an activating group) is 1. The largest absolute Gasteiger partial charge is 0.320 e. The monoisotopic (exact) mass is 389 g/mol. The van der Waals surface area contributed by atoms with Crippen molar-refractivity contribution in [1.82, 2.24) is 14.5 Å². The number of rotatable bonds is 1. The molecule has 1 aromatic carbocycles. The third-order valence-electron chi connectivity index (χ3n) is 7.13. The van der Waals surface area contributed by atoms with E-state index in [-0.39, 0.29) is 0 Å². The highest BCUT2D eigenvalue weighted by molar-refractivity contribution is 6.31. The molecule has 2 atom stereocenters. The van der Waals surface area contributed by atoms with Crippen molar-refractivity contribution in [2.24, 2.45) is 0 Å². The molecule has 4 heteroatoms. The number of allylic oxidation sites excluding steroid dienone is 1. The molecular weight excluding hydrogens is 366 g/mol. The number of hydrogen-bond acceptors (Lipinski definition) is 2. The number of nitrogens with zero attached hydrogens (tertiary/aromatic N) is 3. The minimum atomic E-state index is 0.525. The van der Waals surface area contributed by atoms with Gasteiger partial charge in [-0.3, -0.25) is 9.88 Å². The molecule has 1 aliphatic carbocycles. The van der Waals surface area contributed by atoms with Crippen LogP contribution in [-0.2, 0) is 12.8 Å². The first-order valence-corrected chi connectivity index (χ1v) is 10.7. The average molecular weight is 390 g/mol. The normalized spacial score (nSPS) is 24.9. The number of benzene rings is 1. The molecule has 0 amide bonds. The van der Waals surface area contributed by atoms with Crippen molar-refractivity contribution < 1.29 is 0 Å². The van der Waals surface area contributed by atoms with Crippen LogP contribution in [0.5, 0.6) is 0 Å². The Morgan fingerprint density at radius 2 is 2.07 bits per heavy atom. The molecule has 28 heavy (non-hydrogen) atoms. The molecule has 1 fully saturated rings. The van der Waals surface area contributed by atoms with Crippen molar-refractivity contribution in [1.29, 1.82) is 0 Å². The van der Waals surface area contributed by atoms with Gasteiger partial charge in [-0.15, -0.1) is 0 Å². The lowest BCUT2D eigenvalue weighted by molar-refractivity contribution is 0.223. The number of fused-ring (bicyclic) bond motifs is 7. The van der Waals surface area contributed by atoms with Gasteiger partial charge >= 0.3 is 0 Å². The lowest BCUT2D eigenvalue weighted by atomic mass is 9.97. The number of pyridine rings is 1. The standard InChI is InChI=1S/C24H24ClN3/c1-14-9-19-15(12-26-14)3-4-16(19)13-28-21-7-5-17(25)10-20(21)24-22-8-6-18(27(22)2)11-23(24)28/h5,7,9-10,12-13,18,22H,3-4,6,8,11H2,1-2H3/b16-13+. The van der Waals surface area contributed by atoms with Crippen LogP contribution in [0.15, 0.2) is 30.5 Å². The summed E-state index contributed by atoms with van der Waals surface area (Å²) in [6, 6.07) is 9.85. The Labute approximate surface area is 170 Å². The first kappa shape index (κ1) is 16.8. The van der Waals surface area contributed by atoms with E-state index in [2.05, 4.69) is 59.0 Å². The summed E-state index contributed by atoms with van der Waals surface area (Å²) in [6.45, 7) is 2.08. The predicted octanol–water partition coefficient (Wildman–Crippen LogP) is 5.63. The average Bonchev–Trinajstić information content (AvgIpc) is 3.27. The molecule has 142 valence electrons. The minimum absolute atomic E-state index is 0.525. The number of aryl methyl sites for hydroxylation is 2. The predicted molar refractivity (Wildman–Crippen MR) is 116 cm³/mol. The van der Waals surface area contributed by atoms with Crippen LogP contribution < -0.4 is 0 Å². The van der Waals surface area contributed by atoms with Gasteiger partial charge < -0.3 is 4.57 Å². The van der Waals surface area contributed by atoms with Crippen LogP contribution in [0.4, 0.5) is 0 Å². The second-order valence-electron chi connectivity index (χ2n) is 8.65. The first-order chi connectivity index (χ1) is 13.6. The van der Waals surface area contributed by atoms with Gasteiger partial charge in [-0.2, -0.15) is 0 Å². The molecule has 6 rings (SSSR count). The molecule has 0 saturated carbocycles. The summed E-state index contributed by atoms with van der Waals surface area (Å²) in [7, 11) is 2.29. The fourth-order valence-corrected chi connectivity index (χ4v) is 5.87. The van der Waals surface area contributed by atoms with Gasteiger partial charge in [0.15, 0.2) is 0 Å². The Morgan fingerprint density at radius 3 is 2.96 bits per heavy atom. The van der Waals surface area contributed by atoms with Crippen LogP contribution >= 0.6 is 11.6 Å². The van der Waals surface area contributed by atoms with E-state index >= 15 is 0 Å². The molecule has 3 aromatic rings. The maximum Gasteiger partial charge on any atom is 0.0529 e. The van der Waals surface area contributed by atoms with E-state index in [9.17, 15) is 0 Å². The Kier molecular flexibility index (Phi) is 3.57. The van der Waals surface area contributed by atoms with Crippen molar-refractivity contribution >= 4 is 34.3 Å². The second kappa shape index (κ2) is 5.95. The van der Waals surface area contributed by atoms with Gasteiger partial charge in [0.2, 0.25) is 0 Å². The number of aromatic nitrogens is 2. The van der Waals surface area contributed by atoms with Gasteiger partial charge in [-0.05, 0) is 86.2 Å². The molecule has 4 heterocycles. The maximum atomic E-state index is 6.42. The Balaban J connectivity index is 1.60. The van der Waals surface area contributed by atoms with Crippen molar-refractivity contribution in [3.63, 3.8) is 0 Å². The number of hydrogen-bond donors (Lipinski definition) is 0. The first-order valence-electron chi connectivity index (χ1n) is 10.3. The lowest BCUT2D eigenvalue weighted by Gasteiger charge is -2.32. The van der Waals surface area contributed by atoms with E-state index in [4.69, 9.17) is 11.6 Å². The quantitative estimate of drug-likeness (QED) is 0.537. The summed E-state index contributed by atoms with van der Waals surface area (Å²) >= 11 is 6.42. The molecule has 3 nitrogen and oxygen atoms in total. The highest BCUT2D eigenvalue weighted by atomic mass is 35.5. The summed E-state index contributed by atoms with van der Waals surface area (Å²) in [5.74, 6) is 0. The van der Waals surface area contributed by atoms with E-state index in [1.54, 1.807) is 0 Å². The van der Waals surface area contributed by atoms with Gasteiger partial charge in [-0.1, -0.05) is 11.6 Å². The summed E-state index contributed by atoms with van der Waals surface area (Å²) in [5.41, 5.74) is 9.59. The van der Waals surface area contributed by atoms with Crippen molar-refractivity contribution in [2.75, 3.05) is 7.05 Å². The lowest BCUT2D eigenvalue weighted by Crippen LogP contribution is -2.34. The number of halogens is 1. The van der Waals surface area contributed by atoms with E-state index in [1.807, 2.05) is 6.07 Å². The zero-order chi connectivity index (χ0) is 19.0. The molecule has 3 aliphatic rings. The van der Waals surface area contributed by atoms with Crippen LogP contribution in [0.25, 0.3) is 22.7 Å². The van der Waals surface area contributed by atoms with Crippen LogP contribution in [0.1, 0.15) is 53.4 Å². The molecule has 2 aromatic heterocycles. The topological polar surface area (TPSA) is 21.1 Å². The Hall–Kier alpha value is -2.10. The van der Waals surface area contributed by atoms with Gasteiger partial charge in [0.1, 0.15) is 0 Å². The molecule has 0 spiro atoms. The van der Waals surface area contributed by atoms with E-state index in [0.29, 0.717) is 12.1 Å². The van der Waals surface area contributed by atoms with Gasteiger partial charge in [-0.25, -0.2) is 0 Å². The highest BCUT2D eigenvalue weighted by Gasteiger charge is 2.40. The van der Waals surface area contributed by atoms with Crippen molar-refractivity contribution in [2.45, 2.75) is 51.1 Å².